The minimum absolute atomic E-state index is 0.124. The van der Waals surface area contributed by atoms with Crippen LogP contribution in [0.1, 0.15) is 19.8 Å². The number of esters is 1. The standard InChI is InChI=1S/C8H12O3/c1-2-11-8(10)4-6-3-7(6)5-9/h5-7H,2-4H2,1H3. The van der Waals surface area contributed by atoms with E-state index in [-0.39, 0.29) is 17.8 Å². The van der Waals surface area contributed by atoms with E-state index in [0.29, 0.717) is 13.0 Å². The van der Waals surface area contributed by atoms with Crippen LogP contribution in [0.3, 0.4) is 0 Å². The molecule has 3 heteroatoms. The fourth-order valence-electron chi connectivity index (χ4n) is 1.11. The maximum absolute atomic E-state index is 10.8. The van der Waals surface area contributed by atoms with Crippen LogP contribution in [-0.2, 0) is 14.3 Å². The number of carbonyl (C=O) groups excluding carboxylic acids is 2. The topological polar surface area (TPSA) is 43.4 Å². The zero-order valence-electron chi connectivity index (χ0n) is 6.58. The van der Waals surface area contributed by atoms with Crippen LogP contribution in [0.5, 0.6) is 0 Å². The van der Waals surface area contributed by atoms with Crippen LogP contribution in [0, 0.1) is 11.8 Å². The van der Waals surface area contributed by atoms with Crippen molar-refractivity contribution in [2.45, 2.75) is 19.8 Å². The Bertz CT molecular complexity index is 165. The minimum atomic E-state index is -0.179. The summed E-state index contributed by atoms with van der Waals surface area (Å²) in [6.07, 6.45) is 2.20. The van der Waals surface area contributed by atoms with Crippen molar-refractivity contribution in [2.75, 3.05) is 6.61 Å². The van der Waals surface area contributed by atoms with Crippen molar-refractivity contribution in [2.24, 2.45) is 11.8 Å². The molecule has 0 aromatic carbocycles. The summed E-state index contributed by atoms with van der Waals surface area (Å²) < 4.78 is 4.73. The molecule has 1 aliphatic rings. The molecule has 62 valence electrons. The van der Waals surface area contributed by atoms with Crippen molar-refractivity contribution in [3.8, 4) is 0 Å². The van der Waals surface area contributed by atoms with Crippen LogP contribution in [0.4, 0.5) is 0 Å². The van der Waals surface area contributed by atoms with Gasteiger partial charge in [-0.05, 0) is 19.3 Å². The molecule has 0 amide bonds. The van der Waals surface area contributed by atoms with Gasteiger partial charge in [0.2, 0.25) is 0 Å². The first-order valence-electron chi connectivity index (χ1n) is 3.88. The second-order valence-corrected chi connectivity index (χ2v) is 2.80. The predicted molar refractivity (Wildman–Crippen MR) is 38.9 cm³/mol. The average molecular weight is 156 g/mol. The van der Waals surface area contributed by atoms with Crippen LogP contribution < -0.4 is 0 Å². The summed E-state index contributed by atoms with van der Waals surface area (Å²) in [6, 6.07) is 0. The number of carbonyl (C=O) groups is 2. The van der Waals surface area contributed by atoms with E-state index in [1.165, 1.54) is 0 Å². The molecular formula is C8H12O3. The molecule has 0 aliphatic heterocycles. The van der Waals surface area contributed by atoms with E-state index in [0.717, 1.165) is 12.7 Å². The van der Waals surface area contributed by atoms with Gasteiger partial charge in [-0.1, -0.05) is 0 Å². The maximum atomic E-state index is 10.8. The highest BCUT2D eigenvalue weighted by molar-refractivity contribution is 5.72. The van der Waals surface area contributed by atoms with Crippen LogP contribution in [0.15, 0.2) is 0 Å². The van der Waals surface area contributed by atoms with E-state index in [2.05, 4.69) is 0 Å². The number of hydrogen-bond acceptors (Lipinski definition) is 3. The van der Waals surface area contributed by atoms with Gasteiger partial charge in [0.1, 0.15) is 6.29 Å². The third kappa shape index (κ3) is 2.33. The van der Waals surface area contributed by atoms with Gasteiger partial charge in [0, 0.05) is 12.3 Å². The van der Waals surface area contributed by atoms with Crippen molar-refractivity contribution in [3.63, 3.8) is 0 Å². The molecule has 0 bridgehead atoms. The Balaban J connectivity index is 2.12. The number of hydrogen-bond donors (Lipinski definition) is 0. The molecule has 0 spiro atoms. The molecule has 0 heterocycles. The van der Waals surface area contributed by atoms with Crippen molar-refractivity contribution in [3.05, 3.63) is 0 Å². The Kier molecular flexibility index (Phi) is 2.63. The van der Waals surface area contributed by atoms with E-state index in [1.54, 1.807) is 6.92 Å². The summed E-state index contributed by atoms with van der Waals surface area (Å²) in [5, 5.41) is 0. The van der Waals surface area contributed by atoms with E-state index >= 15 is 0 Å². The highest BCUT2D eigenvalue weighted by Crippen LogP contribution is 2.39. The van der Waals surface area contributed by atoms with Crippen LogP contribution >= 0.6 is 0 Å². The van der Waals surface area contributed by atoms with Gasteiger partial charge in [-0.25, -0.2) is 0 Å². The van der Waals surface area contributed by atoms with Crippen molar-refractivity contribution in [1.29, 1.82) is 0 Å². The van der Waals surface area contributed by atoms with Gasteiger partial charge in [-0.3, -0.25) is 4.79 Å². The molecule has 11 heavy (non-hydrogen) atoms. The fourth-order valence-corrected chi connectivity index (χ4v) is 1.11. The van der Waals surface area contributed by atoms with Gasteiger partial charge in [-0.15, -0.1) is 0 Å². The van der Waals surface area contributed by atoms with Crippen LogP contribution in [0.25, 0.3) is 0 Å². The van der Waals surface area contributed by atoms with Crippen molar-refractivity contribution in [1.82, 2.24) is 0 Å². The highest BCUT2D eigenvalue weighted by atomic mass is 16.5. The third-order valence-corrected chi connectivity index (χ3v) is 1.89. The molecule has 2 atom stereocenters. The second kappa shape index (κ2) is 3.51. The van der Waals surface area contributed by atoms with Gasteiger partial charge in [-0.2, -0.15) is 0 Å². The average Bonchev–Trinajstić information content (AvgIpc) is 2.68. The molecule has 3 nitrogen and oxygen atoms in total. The molecule has 1 aliphatic carbocycles. The summed E-state index contributed by atoms with van der Waals surface area (Å²) in [5.74, 6) is 0.216. The van der Waals surface area contributed by atoms with Gasteiger partial charge in [0.05, 0.1) is 6.61 Å². The first kappa shape index (κ1) is 8.24. The summed E-state index contributed by atoms with van der Waals surface area (Å²) in [4.78, 5) is 21.0. The molecule has 0 N–H and O–H groups in total. The lowest BCUT2D eigenvalue weighted by Crippen LogP contribution is -2.05. The fraction of sp³-hybridized carbons (Fsp3) is 0.750. The second-order valence-electron chi connectivity index (χ2n) is 2.80. The largest absolute Gasteiger partial charge is 0.466 e. The molecule has 1 rings (SSSR count). The van der Waals surface area contributed by atoms with Gasteiger partial charge in [0.15, 0.2) is 0 Å². The number of aldehydes is 1. The third-order valence-electron chi connectivity index (χ3n) is 1.89. The summed E-state index contributed by atoms with van der Waals surface area (Å²) >= 11 is 0. The molecule has 0 radical (unpaired) electrons. The quantitative estimate of drug-likeness (QED) is 0.446. The van der Waals surface area contributed by atoms with Crippen molar-refractivity contribution < 1.29 is 14.3 Å². The summed E-state index contributed by atoms with van der Waals surface area (Å²) in [6.45, 7) is 2.21. The number of ether oxygens (including phenoxy) is 1. The van der Waals surface area contributed by atoms with Crippen LogP contribution in [0.2, 0.25) is 0 Å². The molecule has 1 saturated carbocycles. The first-order valence-corrected chi connectivity index (χ1v) is 3.88. The molecule has 0 aromatic heterocycles. The lowest BCUT2D eigenvalue weighted by Gasteiger charge is -1.98. The lowest BCUT2D eigenvalue weighted by molar-refractivity contribution is -0.143. The number of rotatable bonds is 4. The van der Waals surface area contributed by atoms with E-state index in [1.807, 2.05) is 0 Å². The Labute approximate surface area is 65.7 Å². The first-order chi connectivity index (χ1) is 5.27. The lowest BCUT2D eigenvalue weighted by atomic mass is 10.2. The summed E-state index contributed by atoms with van der Waals surface area (Å²) in [7, 11) is 0. The Morgan fingerprint density at radius 2 is 2.45 bits per heavy atom. The highest BCUT2D eigenvalue weighted by Gasteiger charge is 2.38. The smallest absolute Gasteiger partial charge is 0.306 e. The van der Waals surface area contributed by atoms with E-state index in [9.17, 15) is 9.59 Å². The SMILES string of the molecule is CCOC(=O)CC1CC1C=O. The van der Waals surface area contributed by atoms with E-state index < -0.39 is 0 Å². The Morgan fingerprint density at radius 3 is 2.91 bits per heavy atom. The molecule has 1 fully saturated rings. The minimum Gasteiger partial charge on any atom is -0.466 e. The zero-order chi connectivity index (χ0) is 8.27. The van der Waals surface area contributed by atoms with Crippen molar-refractivity contribution >= 4 is 12.3 Å². The molecular weight excluding hydrogens is 144 g/mol. The molecule has 0 aromatic rings. The van der Waals surface area contributed by atoms with Gasteiger partial charge in [0.25, 0.3) is 0 Å². The van der Waals surface area contributed by atoms with Gasteiger partial charge < -0.3 is 9.53 Å². The molecule has 0 saturated heterocycles. The van der Waals surface area contributed by atoms with Gasteiger partial charge >= 0.3 is 5.97 Å². The van der Waals surface area contributed by atoms with Crippen LogP contribution in [-0.4, -0.2) is 18.9 Å². The normalized spacial score (nSPS) is 27.7. The zero-order valence-corrected chi connectivity index (χ0v) is 6.58. The monoisotopic (exact) mass is 156 g/mol. The predicted octanol–water partition coefficient (Wildman–Crippen LogP) is 0.775. The molecule has 2 unspecified atom stereocenters. The Hall–Kier alpha value is -0.860. The maximum Gasteiger partial charge on any atom is 0.306 e. The Morgan fingerprint density at radius 1 is 1.73 bits per heavy atom. The summed E-state index contributed by atoms with van der Waals surface area (Å²) in [5.41, 5.74) is 0. The van der Waals surface area contributed by atoms with E-state index in [4.69, 9.17) is 4.74 Å².